The van der Waals surface area contributed by atoms with Crippen molar-refractivity contribution >= 4 is 23.0 Å². The van der Waals surface area contributed by atoms with E-state index in [4.69, 9.17) is 0 Å². The first-order valence-corrected chi connectivity index (χ1v) is 6.66. The van der Waals surface area contributed by atoms with Crippen LogP contribution in [-0.4, -0.2) is 9.97 Å². The van der Waals surface area contributed by atoms with Crippen molar-refractivity contribution in [1.82, 2.24) is 9.97 Å². The van der Waals surface area contributed by atoms with Crippen molar-refractivity contribution in [3.8, 4) is 0 Å². The predicted octanol–water partition coefficient (Wildman–Crippen LogP) is 5.31. The highest BCUT2D eigenvalue weighted by molar-refractivity contribution is 5.50. The van der Waals surface area contributed by atoms with E-state index in [1.54, 1.807) is 30.6 Å². The number of hydrogen-bond donors (Lipinski definition) is 0. The molecule has 2 heterocycles. The van der Waals surface area contributed by atoms with Crippen LogP contribution in [0.1, 0.15) is 0 Å². The van der Waals surface area contributed by atoms with Gasteiger partial charge in [0.05, 0.1) is 11.4 Å². The molecule has 0 radical (unpaired) electrons. The molecule has 0 aliphatic heterocycles. The van der Waals surface area contributed by atoms with Crippen LogP contribution in [0, 0.1) is 0 Å². The van der Waals surface area contributed by atoms with Gasteiger partial charge < -0.3 is 0 Å². The maximum atomic E-state index is 4.14. The molecule has 0 saturated carbocycles. The Hall–Kier alpha value is -3.28. The van der Waals surface area contributed by atoms with Gasteiger partial charge in [0, 0.05) is 12.4 Å². The summed E-state index contributed by atoms with van der Waals surface area (Å²) in [5, 5.41) is 16.4. The van der Waals surface area contributed by atoms with E-state index in [1.807, 2.05) is 42.5 Å². The van der Waals surface area contributed by atoms with Gasteiger partial charge in [0.1, 0.15) is 0 Å². The second kappa shape index (κ2) is 6.94. The Morgan fingerprint density at radius 2 is 1.09 bits per heavy atom. The SMILES string of the molecule is c1ccc(N=Nc2cccc(N=Nc3ccccn3)c2)nc1. The Morgan fingerprint density at radius 3 is 1.55 bits per heavy atom. The third-order valence-electron chi connectivity index (χ3n) is 2.66. The Bertz CT molecular complexity index is 719. The molecule has 3 aromatic rings. The average molecular weight is 288 g/mol. The number of nitrogens with zero attached hydrogens (tertiary/aromatic N) is 6. The molecule has 1 aromatic carbocycles. The van der Waals surface area contributed by atoms with Gasteiger partial charge in [0.15, 0.2) is 11.6 Å². The molecule has 0 saturated heterocycles. The van der Waals surface area contributed by atoms with E-state index in [-0.39, 0.29) is 0 Å². The summed E-state index contributed by atoms with van der Waals surface area (Å²) in [6.07, 6.45) is 3.34. The lowest BCUT2D eigenvalue weighted by Gasteiger charge is -1.95. The molecule has 0 aliphatic rings. The van der Waals surface area contributed by atoms with Crippen LogP contribution in [0.2, 0.25) is 0 Å². The van der Waals surface area contributed by atoms with Crippen molar-refractivity contribution in [3.05, 3.63) is 73.1 Å². The van der Waals surface area contributed by atoms with Crippen molar-refractivity contribution < 1.29 is 0 Å². The normalized spacial score (nSPS) is 11.3. The topological polar surface area (TPSA) is 75.2 Å². The minimum absolute atomic E-state index is 0.558. The van der Waals surface area contributed by atoms with E-state index in [9.17, 15) is 0 Å². The summed E-state index contributed by atoms with van der Waals surface area (Å²) in [7, 11) is 0. The van der Waals surface area contributed by atoms with Gasteiger partial charge in [-0.15, -0.1) is 20.5 Å². The molecule has 3 rings (SSSR count). The quantitative estimate of drug-likeness (QED) is 0.610. The molecule has 106 valence electrons. The number of azo groups is 2. The van der Waals surface area contributed by atoms with Gasteiger partial charge in [-0.2, -0.15) is 0 Å². The van der Waals surface area contributed by atoms with Crippen LogP contribution in [0.15, 0.2) is 93.5 Å². The van der Waals surface area contributed by atoms with Gasteiger partial charge in [-0.05, 0) is 42.5 Å². The molecule has 22 heavy (non-hydrogen) atoms. The smallest absolute Gasteiger partial charge is 0.174 e. The van der Waals surface area contributed by atoms with E-state index in [0.29, 0.717) is 23.0 Å². The number of pyridine rings is 2. The fourth-order valence-corrected chi connectivity index (χ4v) is 1.66. The molecule has 6 nitrogen and oxygen atoms in total. The predicted molar refractivity (Wildman–Crippen MR) is 83.3 cm³/mol. The summed E-state index contributed by atoms with van der Waals surface area (Å²) >= 11 is 0. The van der Waals surface area contributed by atoms with Crippen molar-refractivity contribution in [1.29, 1.82) is 0 Å². The van der Waals surface area contributed by atoms with Crippen LogP contribution in [0.25, 0.3) is 0 Å². The van der Waals surface area contributed by atoms with Crippen molar-refractivity contribution in [3.63, 3.8) is 0 Å². The summed E-state index contributed by atoms with van der Waals surface area (Å²) in [4.78, 5) is 8.16. The first-order chi connectivity index (χ1) is 10.9. The average Bonchev–Trinajstić information content (AvgIpc) is 2.60. The van der Waals surface area contributed by atoms with Crippen LogP contribution >= 0.6 is 0 Å². The monoisotopic (exact) mass is 288 g/mol. The molecule has 0 fully saturated rings. The molecule has 0 amide bonds. The molecule has 2 aromatic heterocycles. The lowest BCUT2D eigenvalue weighted by molar-refractivity contribution is 1.14. The van der Waals surface area contributed by atoms with Gasteiger partial charge in [-0.1, -0.05) is 18.2 Å². The molecular weight excluding hydrogens is 276 g/mol. The molecule has 6 heteroatoms. The Labute approximate surface area is 127 Å². The van der Waals surface area contributed by atoms with Gasteiger partial charge >= 0.3 is 0 Å². The van der Waals surface area contributed by atoms with Crippen molar-refractivity contribution in [2.45, 2.75) is 0 Å². The van der Waals surface area contributed by atoms with Crippen LogP contribution in [-0.2, 0) is 0 Å². The summed E-state index contributed by atoms with van der Waals surface area (Å²) in [5.74, 6) is 1.12. The Balaban J connectivity index is 1.75. The summed E-state index contributed by atoms with van der Waals surface area (Å²) < 4.78 is 0. The summed E-state index contributed by atoms with van der Waals surface area (Å²) in [5.41, 5.74) is 1.37. The van der Waals surface area contributed by atoms with E-state index in [1.165, 1.54) is 0 Å². The third kappa shape index (κ3) is 3.86. The van der Waals surface area contributed by atoms with E-state index >= 15 is 0 Å². The highest BCUT2D eigenvalue weighted by Gasteiger charge is 1.95. The largest absolute Gasteiger partial charge is 0.236 e. The molecule has 0 bridgehead atoms. The fourth-order valence-electron chi connectivity index (χ4n) is 1.66. The summed E-state index contributed by atoms with van der Waals surface area (Å²) in [6.45, 7) is 0. The zero-order valence-corrected chi connectivity index (χ0v) is 11.6. The zero-order valence-electron chi connectivity index (χ0n) is 11.6. The maximum absolute atomic E-state index is 4.14. The second-order valence-corrected chi connectivity index (χ2v) is 4.30. The second-order valence-electron chi connectivity index (χ2n) is 4.30. The van der Waals surface area contributed by atoms with E-state index < -0.39 is 0 Å². The number of benzene rings is 1. The number of hydrogen-bond acceptors (Lipinski definition) is 6. The van der Waals surface area contributed by atoms with Gasteiger partial charge in [0.2, 0.25) is 0 Å². The van der Waals surface area contributed by atoms with Crippen molar-refractivity contribution in [2.24, 2.45) is 20.5 Å². The zero-order chi connectivity index (χ0) is 15.0. The standard InChI is InChI=1S/C16H12N6/c1-3-10-17-15(8-1)21-19-13-6-5-7-14(12-13)20-22-16-9-2-4-11-18-16/h1-12H. The minimum atomic E-state index is 0.558. The lowest BCUT2D eigenvalue weighted by atomic mass is 10.3. The molecule has 0 unspecified atom stereocenters. The van der Waals surface area contributed by atoms with Gasteiger partial charge in [0.25, 0.3) is 0 Å². The molecule has 0 aliphatic carbocycles. The first-order valence-electron chi connectivity index (χ1n) is 6.66. The highest BCUT2D eigenvalue weighted by Crippen LogP contribution is 2.23. The van der Waals surface area contributed by atoms with Crippen molar-refractivity contribution in [2.75, 3.05) is 0 Å². The highest BCUT2D eigenvalue weighted by atomic mass is 15.2. The Morgan fingerprint density at radius 1 is 0.545 bits per heavy atom. The minimum Gasteiger partial charge on any atom is -0.236 e. The van der Waals surface area contributed by atoms with Crippen LogP contribution in [0.4, 0.5) is 23.0 Å². The number of rotatable bonds is 4. The summed E-state index contributed by atoms with van der Waals surface area (Å²) in [6, 6.07) is 18.3. The maximum Gasteiger partial charge on any atom is 0.174 e. The molecule has 0 spiro atoms. The number of aromatic nitrogens is 2. The van der Waals surface area contributed by atoms with Crippen LogP contribution < -0.4 is 0 Å². The Kier molecular flexibility index (Phi) is 4.32. The molecule has 0 N–H and O–H groups in total. The van der Waals surface area contributed by atoms with Gasteiger partial charge in [-0.25, -0.2) is 9.97 Å². The molecule has 0 atom stereocenters. The molecular formula is C16H12N6. The van der Waals surface area contributed by atoms with Crippen LogP contribution in [0.3, 0.4) is 0 Å². The fraction of sp³-hybridized carbons (Fsp3) is 0. The van der Waals surface area contributed by atoms with Crippen LogP contribution in [0.5, 0.6) is 0 Å². The lowest BCUT2D eigenvalue weighted by Crippen LogP contribution is -1.70. The van der Waals surface area contributed by atoms with Gasteiger partial charge in [-0.3, -0.25) is 0 Å². The third-order valence-corrected chi connectivity index (χ3v) is 2.66. The van der Waals surface area contributed by atoms with E-state index in [2.05, 4.69) is 30.4 Å². The first kappa shape index (κ1) is 13.7. The van der Waals surface area contributed by atoms with E-state index in [0.717, 1.165) is 0 Å².